The van der Waals surface area contributed by atoms with Crippen molar-refractivity contribution in [2.75, 3.05) is 14.2 Å². The second-order valence-corrected chi connectivity index (χ2v) is 10.1. The number of fused-ring (bicyclic) bond motifs is 2. The fourth-order valence-electron chi connectivity index (χ4n) is 4.53. The van der Waals surface area contributed by atoms with E-state index in [1.807, 2.05) is 36.4 Å². The minimum atomic E-state index is -0.361. The number of nitrogens with zero attached hydrogens (tertiary/aromatic N) is 3. The average molecular weight is 600 g/mol. The highest BCUT2D eigenvalue weighted by Gasteiger charge is 2.18. The lowest BCUT2D eigenvalue weighted by Crippen LogP contribution is -2.20. The summed E-state index contributed by atoms with van der Waals surface area (Å²) in [5, 5.41) is 6.64. The van der Waals surface area contributed by atoms with E-state index in [0.717, 1.165) is 10.9 Å². The van der Waals surface area contributed by atoms with Crippen LogP contribution >= 0.6 is 23.2 Å². The van der Waals surface area contributed by atoms with E-state index in [2.05, 4.69) is 5.10 Å². The van der Waals surface area contributed by atoms with Crippen LogP contribution in [-0.2, 0) is 6.61 Å². The van der Waals surface area contributed by atoms with Gasteiger partial charge in [-0.25, -0.2) is 4.98 Å². The van der Waals surface area contributed by atoms with Gasteiger partial charge in [-0.2, -0.15) is 9.78 Å². The molecular weight excluding hydrogens is 577 g/mol. The van der Waals surface area contributed by atoms with E-state index < -0.39 is 0 Å². The van der Waals surface area contributed by atoms with E-state index in [1.54, 1.807) is 55.6 Å². The van der Waals surface area contributed by atoms with E-state index in [0.29, 0.717) is 55.1 Å². The number of aromatic nitrogens is 2. The van der Waals surface area contributed by atoms with Crippen LogP contribution in [0.4, 0.5) is 0 Å². The monoisotopic (exact) mass is 599 g/mol. The van der Waals surface area contributed by atoms with Crippen LogP contribution in [0.15, 0.2) is 99.2 Å². The van der Waals surface area contributed by atoms with E-state index in [9.17, 15) is 4.79 Å². The quantitative estimate of drug-likeness (QED) is 0.167. The summed E-state index contributed by atoms with van der Waals surface area (Å²) < 4.78 is 24.3. The third-order valence-electron chi connectivity index (χ3n) is 6.59. The molecule has 0 radical (unpaired) electrons. The number of hydrogen-bond donors (Lipinski definition) is 0. The van der Waals surface area contributed by atoms with Crippen LogP contribution < -0.4 is 19.8 Å². The first-order chi connectivity index (χ1) is 20.4. The van der Waals surface area contributed by atoms with Gasteiger partial charge in [-0.15, -0.1) is 0 Å². The third-order valence-corrected chi connectivity index (χ3v) is 7.12. The van der Waals surface area contributed by atoms with E-state index >= 15 is 0 Å². The van der Waals surface area contributed by atoms with Gasteiger partial charge in [0.15, 0.2) is 17.3 Å². The SMILES string of the molecule is COc1cc(C=Nn2c(-c3cc4c(OC)cccc4o3)nc3ccccc3c2=O)cc(Cl)c1OCc1ccc(Cl)cc1. The molecule has 8 nitrogen and oxygen atoms in total. The van der Waals surface area contributed by atoms with Gasteiger partial charge < -0.3 is 18.6 Å². The first-order valence-electron chi connectivity index (χ1n) is 12.8. The van der Waals surface area contributed by atoms with Gasteiger partial charge in [0.25, 0.3) is 5.56 Å². The molecule has 42 heavy (non-hydrogen) atoms. The summed E-state index contributed by atoms with van der Waals surface area (Å²) in [4.78, 5) is 18.4. The number of methoxy groups -OCH3 is 2. The number of benzene rings is 4. The van der Waals surface area contributed by atoms with Gasteiger partial charge in [-0.3, -0.25) is 4.79 Å². The van der Waals surface area contributed by atoms with Crippen molar-refractivity contribution in [1.29, 1.82) is 0 Å². The predicted octanol–water partition coefficient (Wildman–Crippen LogP) is 7.59. The maximum Gasteiger partial charge on any atom is 0.282 e. The number of furan rings is 1. The van der Waals surface area contributed by atoms with Gasteiger partial charge in [0, 0.05) is 5.02 Å². The molecule has 0 saturated carbocycles. The molecule has 0 bridgehead atoms. The maximum atomic E-state index is 13.6. The summed E-state index contributed by atoms with van der Waals surface area (Å²) in [5.74, 6) is 2.02. The van der Waals surface area contributed by atoms with Crippen LogP contribution in [0.2, 0.25) is 10.0 Å². The van der Waals surface area contributed by atoms with Crippen molar-refractivity contribution in [2.24, 2.45) is 5.10 Å². The molecule has 6 rings (SSSR count). The Morgan fingerprint density at radius 1 is 0.905 bits per heavy atom. The van der Waals surface area contributed by atoms with Crippen LogP contribution in [0.25, 0.3) is 33.5 Å². The fraction of sp³-hybridized carbons (Fsp3) is 0.0938. The van der Waals surface area contributed by atoms with Gasteiger partial charge in [-0.05, 0) is 65.7 Å². The number of hydrogen-bond acceptors (Lipinski definition) is 7. The van der Waals surface area contributed by atoms with Gasteiger partial charge in [0.1, 0.15) is 17.9 Å². The molecule has 0 N–H and O–H groups in total. The van der Waals surface area contributed by atoms with E-state index in [-0.39, 0.29) is 18.0 Å². The Kier molecular flexibility index (Phi) is 7.56. The van der Waals surface area contributed by atoms with E-state index in [4.69, 9.17) is 46.8 Å². The topological polar surface area (TPSA) is 88.1 Å². The van der Waals surface area contributed by atoms with Crippen molar-refractivity contribution in [3.05, 3.63) is 116 Å². The first kappa shape index (κ1) is 27.4. The smallest absolute Gasteiger partial charge is 0.282 e. The summed E-state index contributed by atoms with van der Waals surface area (Å²) in [7, 11) is 3.11. The molecule has 0 atom stereocenters. The molecule has 0 aliphatic carbocycles. The van der Waals surface area contributed by atoms with Crippen molar-refractivity contribution in [2.45, 2.75) is 6.61 Å². The number of para-hydroxylation sites is 1. The molecule has 0 spiro atoms. The lowest BCUT2D eigenvalue weighted by molar-refractivity contribution is 0.284. The van der Waals surface area contributed by atoms with Crippen molar-refractivity contribution >= 4 is 51.3 Å². The molecule has 4 aromatic carbocycles. The highest BCUT2D eigenvalue weighted by molar-refractivity contribution is 6.32. The normalized spacial score (nSPS) is 11.4. The average Bonchev–Trinajstić information content (AvgIpc) is 3.45. The summed E-state index contributed by atoms with van der Waals surface area (Å²) in [6, 6.07) is 25.0. The molecule has 0 fully saturated rings. The Balaban J connectivity index is 1.40. The van der Waals surface area contributed by atoms with Crippen LogP contribution in [0, 0.1) is 0 Å². The Labute approximate surface area is 250 Å². The first-order valence-corrected chi connectivity index (χ1v) is 13.6. The zero-order valence-electron chi connectivity index (χ0n) is 22.5. The van der Waals surface area contributed by atoms with Crippen molar-refractivity contribution in [1.82, 2.24) is 9.66 Å². The Bertz CT molecular complexity index is 2020. The largest absolute Gasteiger partial charge is 0.496 e. The number of ether oxygens (including phenoxy) is 3. The van der Waals surface area contributed by atoms with Gasteiger partial charge in [0.2, 0.25) is 5.82 Å². The molecule has 10 heteroatoms. The molecular formula is C32H23Cl2N3O5. The van der Waals surface area contributed by atoms with Crippen LogP contribution in [-0.4, -0.2) is 30.1 Å². The molecule has 6 aromatic rings. The molecule has 0 aliphatic heterocycles. The van der Waals surface area contributed by atoms with Crippen LogP contribution in [0.3, 0.4) is 0 Å². The number of rotatable bonds is 8. The number of halogens is 2. The molecule has 2 aromatic heterocycles. The van der Waals surface area contributed by atoms with Crippen molar-refractivity contribution in [3.63, 3.8) is 0 Å². The van der Waals surface area contributed by atoms with Crippen molar-refractivity contribution in [3.8, 4) is 28.8 Å². The lowest BCUT2D eigenvalue weighted by Gasteiger charge is -2.13. The fourth-order valence-corrected chi connectivity index (χ4v) is 4.93. The van der Waals surface area contributed by atoms with Crippen molar-refractivity contribution < 1.29 is 18.6 Å². The molecule has 0 aliphatic rings. The molecule has 0 amide bonds. The molecule has 210 valence electrons. The summed E-state index contributed by atoms with van der Waals surface area (Å²) in [5.41, 5.74) is 2.24. The van der Waals surface area contributed by atoms with Gasteiger partial charge in [0.05, 0.1) is 41.7 Å². The second-order valence-electron chi connectivity index (χ2n) is 9.25. The molecule has 0 unspecified atom stereocenters. The summed E-state index contributed by atoms with van der Waals surface area (Å²) >= 11 is 12.6. The van der Waals surface area contributed by atoms with Gasteiger partial charge >= 0.3 is 0 Å². The second kappa shape index (κ2) is 11.6. The zero-order chi connectivity index (χ0) is 29.2. The van der Waals surface area contributed by atoms with Gasteiger partial charge in [-0.1, -0.05) is 53.5 Å². The minimum Gasteiger partial charge on any atom is -0.496 e. The predicted molar refractivity (Wildman–Crippen MR) is 165 cm³/mol. The standard InChI is InChI=1S/C32H23Cl2N3O5/c1-39-26-8-5-9-27-23(26)16-29(42-27)31-36-25-7-4-3-6-22(25)32(38)37(31)35-17-20-14-24(34)30(28(15-20)40-2)41-18-19-10-12-21(33)13-11-19/h3-17H,18H2,1-2H3. The molecule has 0 saturated heterocycles. The Morgan fingerprint density at radius 3 is 2.48 bits per heavy atom. The Morgan fingerprint density at radius 2 is 1.69 bits per heavy atom. The summed E-state index contributed by atoms with van der Waals surface area (Å²) in [6.45, 7) is 0.268. The lowest BCUT2D eigenvalue weighted by atomic mass is 10.2. The van der Waals surface area contributed by atoms with E-state index in [1.165, 1.54) is 18.0 Å². The Hall–Kier alpha value is -4.79. The highest BCUT2D eigenvalue weighted by atomic mass is 35.5. The zero-order valence-corrected chi connectivity index (χ0v) is 24.0. The minimum absolute atomic E-state index is 0.231. The summed E-state index contributed by atoms with van der Waals surface area (Å²) in [6.07, 6.45) is 1.50. The van der Waals surface area contributed by atoms with Crippen LogP contribution in [0.5, 0.6) is 17.2 Å². The maximum absolute atomic E-state index is 13.6. The molecule has 2 heterocycles. The third kappa shape index (κ3) is 5.30. The highest BCUT2D eigenvalue weighted by Crippen LogP contribution is 2.37. The van der Waals surface area contributed by atoms with Crippen LogP contribution in [0.1, 0.15) is 11.1 Å².